The Hall–Kier alpha value is -1.54. The molecule has 0 bridgehead atoms. The van der Waals surface area contributed by atoms with Gasteiger partial charge in [-0.3, -0.25) is 4.79 Å². The lowest BCUT2D eigenvalue weighted by Gasteiger charge is -2.02. The van der Waals surface area contributed by atoms with E-state index in [1.54, 1.807) is 0 Å². The van der Waals surface area contributed by atoms with E-state index in [9.17, 15) is 13.6 Å². The van der Waals surface area contributed by atoms with E-state index in [1.165, 1.54) is 6.07 Å². The van der Waals surface area contributed by atoms with Gasteiger partial charge in [0.1, 0.15) is 11.8 Å². The minimum Gasteiger partial charge on any atom is -0.298 e. The highest BCUT2D eigenvalue weighted by atomic mass is 35.5. The van der Waals surface area contributed by atoms with Crippen molar-refractivity contribution in [2.45, 2.75) is 6.43 Å². The Morgan fingerprint density at radius 3 is 2.71 bits per heavy atom. The van der Waals surface area contributed by atoms with Crippen molar-refractivity contribution in [1.29, 1.82) is 5.26 Å². The van der Waals surface area contributed by atoms with Gasteiger partial charge in [-0.05, 0) is 6.07 Å². The minimum absolute atomic E-state index is 0.168. The molecule has 0 unspecified atom stereocenters. The van der Waals surface area contributed by atoms with E-state index in [0.29, 0.717) is 6.29 Å². The zero-order valence-electron chi connectivity index (χ0n) is 6.67. The van der Waals surface area contributed by atoms with Crippen LogP contribution in [-0.2, 0) is 0 Å². The fourth-order valence-corrected chi connectivity index (χ4v) is 1.10. The molecular formula is C8H3ClF2N2O. The molecule has 0 spiro atoms. The molecule has 0 amide bonds. The summed E-state index contributed by atoms with van der Waals surface area (Å²) in [5, 5.41) is 8.31. The predicted molar refractivity (Wildman–Crippen MR) is 44.3 cm³/mol. The second kappa shape index (κ2) is 4.11. The van der Waals surface area contributed by atoms with Gasteiger partial charge in [0.2, 0.25) is 0 Å². The zero-order valence-corrected chi connectivity index (χ0v) is 7.42. The number of rotatable bonds is 2. The van der Waals surface area contributed by atoms with Gasteiger partial charge in [0.25, 0.3) is 6.43 Å². The van der Waals surface area contributed by atoms with Gasteiger partial charge in [-0.1, -0.05) is 11.6 Å². The first kappa shape index (κ1) is 10.5. The highest BCUT2D eigenvalue weighted by Crippen LogP contribution is 2.24. The number of carbonyl (C=O) groups is 1. The van der Waals surface area contributed by atoms with Crippen molar-refractivity contribution in [1.82, 2.24) is 4.98 Å². The molecule has 0 saturated carbocycles. The SMILES string of the molecule is N#Cc1nc(C(F)F)cc(Cl)c1C=O. The number of nitriles is 1. The van der Waals surface area contributed by atoms with Gasteiger partial charge in [-0.2, -0.15) is 5.26 Å². The summed E-state index contributed by atoms with van der Waals surface area (Å²) in [7, 11) is 0. The fourth-order valence-electron chi connectivity index (χ4n) is 0.851. The molecule has 0 aromatic carbocycles. The van der Waals surface area contributed by atoms with Crippen molar-refractivity contribution in [2.75, 3.05) is 0 Å². The molecule has 0 aliphatic rings. The summed E-state index contributed by atoms with van der Waals surface area (Å²) in [4.78, 5) is 13.7. The highest BCUT2D eigenvalue weighted by Gasteiger charge is 2.15. The molecule has 0 atom stereocenters. The van der Waals surface area contributed by atoms with E-state index in [-0.39, 0.29) is 16.3 Å². The van der Waals surface area contributed by atoms with Crippen LogP contribution in [-0.4, -0.2) is 11.3 Å². The lowest BCUT2D eigenvalue weighted by Crippen LogP contribution is -1.99. The zero-order chi connectivity index (χ0) is 10.7. The summed E-state index contributed by atoms with van der Waals surface area (Å²) in [6.07, 6.45) is -2.51. The number of pyridine rings is 1. The minimum atomic E-state index is -2.82. The van der Waals surface area contributed by atoms with Gasteiger partial charge in [0.15, 0.2) is 12.0 Å². The van der Waals surface area contributed by atoms with Crippen LogP contribution in [0.1, 0.15) is 28.2 Å². The monoisotopic (exact) mass is 216 g/mol. The van der Waals surface area contributed by atoms with Gasteiger partial charge in [0.05, 0.1) is 10.6 Å². The summed E-state index contributed by atoms with van der Waals surface area (Å²) in [6, 6.07) is 2.39. The quantitative estimate of drug-likeness (QED) is 0.713. The van der Waals surface area contributed by atoms with Crippen LogP contribution in [0.2, 0.25) is 5.02 Å². The predicted octanol–water partition coefficient (Wildman–Crippen LogP) is 2.36. The van der Waals surface area contributed by atoms with Gasteiger partial charge < -0.3 is 0 Å². The first-order valence-corrected chi connectivity index (χ1v) is 3.81. The number of carbonyl (C=O) groups excluding carboxylic acids is 1. The van der Waals surface area contributed by atoms with E-state index in [4.69, 9.17) is 16.9 Å². The number of nitrogens with zero attached hydrogens (tertiary/aromatic N) is 2. The molecule has 0 aliphatic heterocycles. The Morgan fingerprint density at radius 1 is 1.64 bits per heavy atom. The Balaban J connectivity index is 3.40. The van der Waals surface area contributed by atoms with E-state index in [2.05, 4.69) is 4.98 Å². The van der Waals surface area contributed by atoms with Gasteiger partial charge in [-0.15, -0.1) is 0 Å². The van der Waals surface area contributed by atoms with Gasteiger partial charge in [0, 0.05) is 0 Å². The Labute approximate surface area is 82.9 Å². The number of aromatic nitrogens is 1. The van der Waals surface area contributed by atoms with Crippen molar-refractivity contribution >= 4 is 17.9 Å². The Kier molecular flexibility index (Phi) is 3.10. The number of alkyl halides is 2. The largest absolute Gasteiger partial charge is 0.298 e. The number of hydrogen-bond donors (Lipinski definition) is 0. The third kappa shape index (κ3) is 1.86. The molecule has 1 aromatic heterocycles. The standard InChI is InChI=1S/C8H3ClF2N2O/c9-5-1-6(8(10)11)13-7(2-12)4(5)3-14/h1,3,8H. The molecule has 14 heavy (non-hydrogen) atoms. The Morgan fingerprint density at radius 2 is 2.29 bits per heavy atom. The first-order valence-electron chi connectivity index (χ1n) is 3.44. The van der Waals surface area contributed by atoms with E-state index < -0.39 is 12.1 Å². The number of aldehydes is 1. The molecule has 0 N–H and O–H groups in total. The van der Waals surface area contributed by atoms with Crippen LogP contribution < -0.4 is 0 Å². The third-order valence-electron chi connectivity index (χ3n) is 1.48. The summed E-state index contributed by atoms with van der Waals surface area (Å²) < 4.78 is 24.4. The molecule has 0 saturated heterocycles. The molecule has 72 valence electrons. The van der Waals surface area contributed by atoms with Crippen LogP contribution >= 0.6 is 11.6 Å². The summed E-state index contributed by atoms with van der Waals surface area (Å²) in [6.45, 7) is 0. The molecular weight excluding hydrogens is 214 g/mol. The average molecular weight is 217 g/mol. The molecule has 6 heteroatoms. The summed E-state index contributed by atoms with van der Waals surface area (Å²) >= 11 is 5.50. The van der Waals surface area contributed by atoms with E-state index >= 15 is 0 Å². The van der Waals surface area contributed by atoms with Crippen molar-refractivity contribution in [3.63, 3.8) is 0 Å². The second-order valence-corrected chi connectivity index (χ2v) is 2.73. The van der Waals surface area contributed by atoms with Crippen molar-refractivity contribution in [3.05, 3.63) is 28.0 Å². The summed E-state index contributed by atoms with van der Waals surface area (Å²) in [5.74, 6) is 0. The third-order valence-corrected chi connectivity index (χ3v) is 1.79. The molecule has 0 aliphatic carbocycles. The first-order chi connectivity index (χ1) is 6.60. The molecule has 3 nitrogen and oxygen atoms in total. The lowest BCUT2D eigenvalue weighted by molar-refractivity contribution is 0.112. The molecule has 1 aromatic rings. The van der Waals surface area contributed by atoms with Crippen molar-refractivity contribution < 1.29 is 13.6 Å². The topological polar surface area (TPSA) is 53.8 Å². The molecule has 0 fully saturated rings. The maximum atomic E-state index is 12.2. The second-order valence-electron chi connectivity index (χ2n) is 2.32. The summed E-state index contributed by atoms with van der Waals surface area (Å²) in [5.41, 5.74) is -1.17. The number of halogens is 3. The fraction of sp³-hybridized carbons (Fsp3) is 0.125. The highest BCUT2D eigenvalue weighted by molar-refractivity contribution is 6.33. The van der Waals surface area contributed by atoms with Crippen LogP contribution in [0.4, 0.5) is 8.78 Å². The van der Waals surface area contributed by atoms with Crippen molar-refractivity contribution in [3.8, 4) is 6.07 Å². The van der Waals surface area contributed by atoms with Crippen LogP contribution in [0.25, 0.3) is 0 Å². The maximum Gasteiger partial charge on any atom is 0.280 e. The maximum absolute atomic E-state index is 12.2. The van der Waals surface area contributed by atoms with E-state index in [1.807, 2.05) is 0 Å². The Bertz CT molecular complexity index is 415. The van der Waals surface area contributed by atoms with Gasteiger partial charge in [-0.25, -0.2) is 13.8 Å². The average Bonchev–Trinajstić information content (AvgIpc) is 2.16. The molecule has 1 heterocycles. The number of hydrogen-bond acceptors (Lipinski definition) is 3. The van der Waals surface area contributed by atoms with Crippen LogP contribution in [0, 0.1) is 11.3 Å². The normalized spacial score (nSPS) is 9.93. The smallest absolute Gasteiger partial charge is 0.280 e. The van der Waals surface area contributed by atoms with Crippen molar-refractivity contribution in [2.24, 2.45) is 0 Å². The molecule has 1 rings (SSSR count). The van der Waals surface area contributed by atoms with Crippen LogP contribution in [0.3, 0.4) is 0 Å². The van der Waals surface area contributed by atoms with E-state index in [0.717, 1.165) is 6.07 Å². The lowest BCUT2D eigenvalue weighted by atomic mass is 10.2. The molecule has 0 radical (unpaired) electrons. The van der Waals surface area contributed by atoms with Crippen LogP contribution in [0.15, 0.2) is 6.07 Å². The van der Waals surface area contributed by atoms with Crippen LogP contribution in [0.5, 0.6) is 0 Å². The van der Waals surface area contributed by atoms with Gasteiger partial charge >= 0.3 is 0 Å².